The molecule has 0 aliphatic carbocycles. The fraction of sp³-hybridized carbons (Fsp3) is 0.625. The first kappa shape index (κ1) is 13.2. The summed E-state index contributed by atoms with van der Waals surface area (Å²) in [5, 5.41) is 10.8. The molecular formula is C8H14N2O5. The minimum atomic E-state index is -1.23. The average Bonchev–Trinajstić information content (AvgIpc) is 2.11. The van der Waals surface area contributed by atoms with Gasteiger partial charge in [0.25, 0.3) is 0 Å². The van der Waals surface area contributed by atoms with Gasteiger partial charge in [-0.1, -0.05) is 0 Å². The zero-order chi connectivity index (χ0) is 11.8. The van der Waals surface area contributed by atoms with Gasteiger partial charge in [0.05, 0.1) is 6.61 Å². The van der Waals surface area contributed by atoms with Crippen molar-refractivity contribution in [2.45, 2.75) is 25.8 Å². The molecule has 1 unspecified atom stereocenters. The van der Waals surface area contributed by atoms with Crippen molar-refractivity contribution in [2.24, 2.45) is 5.73 Å². The highest BCUT2D eigenvalue weighted by molar-refractivity contribution is 5.81. The van der Waals surface area contributed by atoms with Crippen LogP contribution in [0, 0.1) is 0 Å². The maximum Gasteiger partial charge on any atom is 0.407 e. The Balaban J connectivity index is 4.10. The second-order valence-electron chi connectivity index (χ2n) is 2.76. The van der Waals surface area contributed by atoms with Crippen LogP contribution in [-0.4, -0.2) is 35.7 Å². The predicted octanol–water partition coefficient (Wildman–Crippen LogP) is -0.549. The zero-order valence-electron chi connectivity index (χ0n) is 8.36. The van der Waals surface area contributed by atoms with E-state index in [0.717, 1.165) is 0 Å². The largest absolute Gasteiger partial charge is 0.480 e. The van der Waals surface area contributed by atoms with Crippen LogP contribution in [-0.2, 0) is 14.3 Å². The summed E-state index contributed by atoms with van der Waals surface area (Å²) in [5.41, 5.74) is 4.85. The normalized spacial score (nSPS) is 11.5. The van der Waals surface area contributed by atoms with Crippen molar-refractivity contribution < 1.29 is 24.2 Å². The van der Waals surface area contributed by atoms with Crippen LogP contribution < -0.4 is 11.1 Å². The second kappa shape index (κ2) is 6.63. The third kappa shape index (κ3) is 6.30. The molecule has 2 amide bonds. The molecule has 0 aliphatic heterocycles. The summed E-state index contributed by atoms with van der Waals surface area (Å²) in [6, 6.07) is -1.16. The summed E-state index contributed by atoms with van der Waals surface area (Å²) in [5.74, 6) is -1.85. The number of rotatable bonds is 6. The molecule has 4 N–H and O–H groups in total. The summed E-state index contributed by atoms with van der Waals surface area (Å²) < 4.78 is 4.50. The Morgan fingerprint density at radius 1 is 1.47 bits per heavy atom. The third-order valence-corrected chi connectivity index (χ3v) is 1.55. The Hall–Kier alpha value is -1.79. The Bertz CT molecular complexity index is 253. The fourth-order valence-corrected chi connectivity index (χ4v) is 0.859. The first-order valence-corrected chi connectivity index (χ1v) is 4.41. The molecule has 0 spiro atoms. The van der Waals surface area contributed by atoms with E-state index in [1.807, 2.05) is 0 Å². The average molecular weight is 218 g/mol. The van der Waals surface area contributed by atoms with Gasteiger partial charge in [-0.25, -0.2) is 9.59 Å². The Kier molecular flexibility index (Phi) is 5.84. The van der Waals surface area contributed by atoms with Crippen LogP contribution >= 0.6 is 0 Å². The molecule has 0 rings (SSSR count). The number of nitrogens with one attached hydrogen (secondary N) is 1. The van der Waals surface area contributed by atoms with Crippen molar-refractivity contribution in [2.75, 3.05) is 6.61 Å². The summed E-state index contributed by atoms with van der Waals surface area (Å²) in [6.45, 7) is 1.74. The van der Waals surface area contributed by atoms with Gasteiger partial charge in [0.15, 0.2) is 0 Å². The van der Waals surface area contributed by atoms with Crippen LogP contribution in [0.4, 0.5) is 4.79 Å². The van der Waals surface area contributed by atoms with Crippen LogP contribution in [0.1, 0.15) is 19.8 Å². The first-order valence-electron chi connectivity index (χ1n) is 4.41. The zero-order valence-corrected chi connectivity index (χ0v) is 8.36. The molecule has 15 heavy (non-hydrogen) atoms. The molecule has 0 aromatic rings. The molecule has 7 nitrogen and oxygen atoms in total. The number of carbonyl (C=O) groups excluding carboxylic acids is 2. The molecule has 0 saturated carbocycles. The summed E-state index contributed by atoms with van der Waals surface area (Å²) in [4.78, 5) is 31.9. The number of primary amides is 1. The van der Waals surface area contributed by atoms with E-state index in [4.69, 9.17) is 10.8 Å². The molecule has 0 heterocycles. The molecular weight excluding hydrogens is 204 g/mol. The van der Waals surface area contributed by atoms with Crippen LogP contribution in [0.3, 0.4) is 0 Å². The molecule has 0 radical (unpaired) electrons. The standard InChI is InChI=1S/C8H14N2O5/c1-2-15-8(14)10-5(7(12)13)3-4-6(9)11/h5H,2-4H2,1H3,(H2,9,11)(H,10,14)(H,12,13). The minimum Gasteiger partial charge on any atom is -0.480 e. The maximum atomic E-state index is 10.9. The van der Waals surface area contributed by atoms with Crippen molar-refractivity contribution in [3.8, 4) is 0 Å². The van der Waals surface area contributed by atoms with E-state index in [0.29, 0.717) is 0 Å². The Morgan fingerprint density at radius 2 is 2.07 bits per heavy atom. The number of aliphatic carboxylic acids is 1. The van der Waals surface area contributed by atoms with Crippen LogP contribution in [0.15, 0.2) is 0 Å². The second-order valence-corrected chi connectivity index (χ2v) is 2.76. The van der Waals surface area contributed by atoms with Gasteiger partial charge < -0.3 is 20.9 Å². The molecule has 0 fully saturated rings. The van der Waals surface area contributed by atoms with Crippen LogP contribution in [0.25, 0.3) is 0 Å². The third-order valence-electron chi connectivity index (χ3n) is 1.55. The number of nitrogens with two attached hydrogens (primary N) is 1. The minimum absolute atomic E-state index is 0.0521. The van der Waals surface area contributed by atoms with Crippen molar-refractivity contribution in [3.63, 3.8) is 0 Å². The molecule has 0 bridgehead atoms. The lowest BCUT2D eigenvalue weighted by Gasteiger charge is -2.12. The number of amides is 2. The van der Waals surface area contributed by atoms with E-state index in [2.05, 4.69) is 10.1 Å². The monoisotopic (exact) mass is 218 g/mol. The van der Waals surface area contributed by atoms with Gasteiger partial charge in [-0.2, -0.15) is 0 Å². The highest BCUT2D eigenvalue weighted by Gasteiger charge is 2.20. The lowest BCUT2D eigenvalue weighted by atomic mass is 10.1. The molecule has 0 saturated heterocycles. The molecule has 0 aliphatic rings. The van der Waals surface area contributed by atoms with Crippen molar-refractivity contribution in [1.82, 2.24) is 5.32 Å². The van der Waals surface area contributed by atoms with Crippen molar-refractivity contribution in [3.05, 3.63) is 0 Å². The maximum absolute atomic E-state index is 10.9. The summed E-state index contributed by atoms with van der Waals surface area (Å²) >= 11 is 0. The number of ether oxygens (including phenoxy) is 1. The molecule has 7 heteroatoms. The van der Waals surface area contributed by atoms with E-state index in [1.165, 1.54) is 0 Å². The van der Waals surface area contributed by atoms with E-state index in [9.17, 15) is 14.4 Å². The Labute approximate surface area is 86.6 Å². The number of carbonyl (C=O) groups is 3. The van der Waals surface area contributed by atoms with Gasteiger partial charge in [-0.3, -0.25) is 4.79 Å². The number of carboxylic acid groups (broad SMARTS) is 1. The van der Waals surface area contributed by atoms with Crippen molar-refractivity contribution >= 4 is 18.0 Å². The SMILES string of the molecule is CCOC(=O)NC(CCC(N)=O)C(=O)O. The number of alkyl carbamates (subject to hydrolysis) is 1. The molecule has 0 aromatic carbocycles. The quantitative estimate of drug-likeness (QED) is 0.552. The van der Waals surface area contributed by atoms with E-state index in [1.54, 1.807) is 6.92 Å². The lowest BCUT2D eigenvalue weighted by molar-refractivity contribution is -0.139. The number of carboxylic acids is 1. The number of hydrogen-bond donors (Lipinski definition) is 3. The van der Waals surface area contributed by atoms with E-state index in [-0.39, 0.29) is 19.4 Å². The Morgan fingerprint density at radius 3 is 2.47 bits per heavy atom. The molecule has 86 valence electrons. The van der Waals surface area contributed by atoms with Gasteiger partial charge in [-0.15, -0.1) is 0 Å². The van der Waals surface area contributed by atoms with Crippen LogP contribution in [0.2, 0.25) is 0 Å². The van der Waals surface area contributed by atoms with Gasteiger partial charge >= 0.3 is 12.1 Å². The highest BCUT2D eigenvalue weighted by Crippen LogP contribution is 1.97. The topological polar surface area (TPSA) is 119 Å². The van der Waals surface area contributed by atoms with Crippen LogP contribution in [0.5, 0.6) is 0 Å². The molecule has 1 atom stereocenters. The first-order chi connectivity index (χ1) is 6.97. The number of hydrogen-bond acceptors (Lipinski definition) is 4. The van der Waals surface area contributed by atoms with Gasteiger partial charge in [-0.05, 0) is 13.3 Å². The van der Waals surface area contributed by atoms with Gasteiger partial charge in [0.2, 0.25) is 5.91 Å². The lowest BCUT2D eigenvalue weighted by Crippen LogP contribution is -2.41. The van der Waals surface area contributed by atoms with Crippen molar-refractivity contribution in [1.29, 1.82) is 0 Å². The van der Waals surface area contributed by atoms with Gasteiger partial charge in [0, 0.05) is 6.42 Å². The fourth-order valence-electron chi connectivity index (χ4n) is 0.859. The highest BCUT2D eigenvalue weighted by atomic mass is 16.5. The summed E-state index contributed by atoms with van der Waals surface area (Å²) in [7, 11) is 0. The predicted molar refractivity (Wildman–Crippen MR) is 50.0 cm³/mol. The smallest absolute Gasteiger partial charge is 0.407 e. The molecule has 0 aromatic heterocycles. The van der Waals surface area contributed by atoms with Gasteiger partial charge in [0.1, 0.15) is 6.04 Å². The van der Waals surface area contributed by atoms with E-state index < -0.39 is 24.0 Å². The van der Waals surface area contributed by atoms with E-state index >= 15 is 0 Å². The summed E-state index contributed by atoms with van der Waals surface area (Å²) in [6.07, 6.45) is -0.985.